The summed E-state index contributed by atoms with van der Waals surface area (Å²) >= 11 is 0. The molecular formula is C20H32O4. The molecule has 0 saturated heterocycles. The van der Waals surface area contributed by atoms with Crippen molar-refractivity contribution in [3.8, 4) is 0 Å². The zero-order chi connectivity index (χ0) is 18.5. The van der Waals surface area contributed by atoms with Crippen LogP contribution >= 0.6 is 0 Å². The molecule has 4 heteroatoms. The average molecular weight is 336 g/mol. The first-order valence-electron chi connectivity index (χ1n) is 9.00. The molecule has 0 fully saturated rings. The molecule has 0 atom stereocenters. The summed E-state index contributed by atoms with van der Waals surface area (Å²) < 4.78 is 0. The van der Waals surface area contributed by atoms with Crippen molar-refractivity contribution in [3.63, 3.8) is 0 Å². The van der Waals surface area contributed by atoms with Crippen molar-refractivity contribution < 1.29 is 19.8 Å². The first-order chi connectivity index (χ1) is 11.4. The number of carbonyl (C=O) groups is 2. The molecule has 0 saturated carbocycles. The molecule has 0 unspecified atom stereocenters. The summed E-state index contributed by atoms with van der Waals surface area (Å²) in [5.41, 5.74) is 1.73. The van der Waals surface area contributed by atoms with E-state index in [0.29, 0.717) is 0 Å². The van der Waals surface area contributed by atoms with Gasteiger partial charge in [0.05, 0.1) is 11.1 Å². The molecule has 136 valence electrons. The Hall–Kier alpha value is -1.84. The van der Waals surface area contributed by atoms with E-state index in [9.17, 15) is 19.8 Å². The summed E-state index contributed by atoms with van der Waals surface area (Å²) in [5, 5.41) is 19.1. The molecule has 0 aliphatic rings. The standard InChI is InChI=1S/C20H32O4/c1-5-9-11-15(7-3)13-17(19(21)22)18(20(23)24)14-16(8-4)12-10-6-2/h13-14H,5-12H2,1-4H3,(H,21,22)(H,23,24)/b15-13+,16-14+,18-17+. The van der Waals surface area contributed by atoms with Crippen LogP contribution in [-0.4, -0.2) is 22.2 Å². The summed E-state index contributed by atoms with van der Waals surface area (Å²) in [5.74, 6) is -2.37. The number of allylic oxidation sites excluding steroid dienone is 2. The molecule has 0 rings (SSSR count). The third kappa shape index (κ3) is 8.14. The largest absolute Gasteiger partial charge is 0.478 e. The molecule has 2 N–H and O–H groups in total. The summed E-state index contributed by atoms with van der Waals surface area (Å²) in [6.07, 6.45) is 10.2. The van der Waals surface area contributed by atoms with E-state index < -0.39 is 11.9 Å². The fraction of sp³-hybridized carbons (Fsp3) is 0.600. The molecule has 0 aromatic rings. The van der Waals surface area contributed by atoms with Crippen molar-refractivity contribution >= 4 is 11.9 Å². The van der Waals surface area contributed by atoms with E-state index in [-0.39, 0.29) is 11.1 Å². The first-order valence-corrected chi connectivity index (χ1v) is 9.00. The van der Waals surface area contributed by atoms with E-state index in [1.54, 1.807) is 12.2 Å². The van der Waals surface area contributed by atoms with Crippen LogP contribution in [-0.2, 0) is 9.59 Å². The van der Waals surface area contributed by atoms with Gasteiger partial charge in [0.2, 0.25) is 0 Å². The second-order valence-corrected chi connectivity index (χ2v) is 5.96. The number of hydrogen-bond donors (Lipinski definition) is 2. The summed E-state index contributed by atoms with van der Waals surface area (Å²) in [7, 11) is 0. The molecule has 24 heavy (non-hydrogen) atoms. The van der Waals surface area contributed by atoms with E-state index in [2.05, 4.69) is 13.8 Å². The predicted octanol–water partition coefficient (Wildman–Crippen LogP) is 5.51. The summed E-state index contributed by atoms with van der Waals surface area (Å²) in [6.45, 7) is 8.09. The average Bonchev–Trinajstić information content (AvgIpc) is 2.55. The fourth-order valence-electron chi connectivity index (χ4n) is 2.43. The quantitative estimate of drug-likeness (QED) is 0.364. The van der Waals surface area contributed by atoms with Crippen LogP contribution in [0.25, 0.3) is 0 Å². The second kappa shape index (κ2) is 12.6. The highest BCUT2D eigenvalue weighted by Gasteiger charge is 2.18. The Morgan fingerprint density at radius 3 is 1.25 bits per heavy atom. The Kier molecular flexibility index (Phi) is 11.6. The number of carboxylic acids is 2. The van der Waals surface area contributed by atoms with Crippen molar-refractivity contribution in [2.24, 2.45) is 0 Å². The maximum Gasteiger partial charge on any atom is 0.336 e. The van der Waals surface area contributed by atoms with Gasteiger partial charge >= 0.3 is 11.9 Å². The van der Waals surface area contributed by atoms with Gasteiger partial charge in [-0.2, -0.15) is 0 Å². The van der Waals surface area contributed by atoms with Gasteiger partial charge in [0, 0.05) is 0 Å². The normalized spacial score (nSPS) is 13.7. The van der Waals surface area contributed by atoms with E-state index >= 15 is 0 Å². The van der Waals surface area contributed by atoms with E-state index in [4.69, 9.17) is 0 Å². The second-order valence-electron chi connectivity index (χ2n) is 5.96. The maximum atomic E-state index is 11.7. The Bertz CT molecular complexity index is 464. The SMILES string of the molecule is CCCC/C(=C/C(C(=O)O)=C(/C=C(\CC)CCCC)C(=O)O)CC. The van der Waals surface area contributed by atoms with Crippen LogP contribution in [0.1, 0.15) is 79.1 Å². The molecule has 0 aliphatic carbocycles. The zero-order valence-electron chi connectivity index (χ0n) is 15.5. The number of rotatable bonds is 12. The summed E-state index contributed by atoms with van der Waals surface area (Å²) in [4.78, 5) is 23.3. The Balaban J connectivity index is 5.98. The van der Waals surface area contributed by atoms with Gasteiger partial charge in [0.1, 0.15) is 0 Å². The minimum atomic E-state index is -1.18. The highest BCUT2D eigenvalue weighted by molar-refractivity contribution is 6.03. The molecule has 0 radical (unpaired) electrons. The Morgan fingerprint density at radius 2 is 1.04 bits per heavy atom. The van der Waals surface area contributed by atoms with Crippen LogP contribution in [0.15, 0.2) is 34.4 Å². The van der Waals surface area contributed by atoms with Crippen LogP contribution in [0.3, 0.4) is 0 Å². The molecule has 0 aromatic carbocycles. The molecule has 0 bridgehead atoms. The monoisotopic (exact) mass is 336 g/mol. The van der Waals surface area contributed by atoms with Crippen LogP contribution in [0.5, 0.6) is 0 Å². The van der Waals surface area contributed by atoms with Crippen LogP contribution < -0.4 is 0 Å². The van der Waals surface area contributed by atoms with Crippen molar-refractivity contribution in [1.29, 1.82) is 0 Å². The third-order valence-electron chi connectivity index (χ3n) is 4.06. The molecular weight excluding hydrogens is 304 g/mol. The van der Waals surface area contributed by atoms with Gasteiger partial charge in [-0.15, -0.1) is 0 Å². The number of hydrogen-bond acceptors (Lipinski definition) is 2. The van der Waals surface area contributed by atoms with Crippen molar-refractivity contribution in [3.05, 3.63) is 34.4 Å². The first kappa shape index (κ1) is 22.2. The van der Waals surface area contributed by atoms with Crippen LogP contribution in [0.2, 0.25) is 0 Å². The fourth-order valence-corrected chi connectivity index (χ4v) is 2.43. The smallest absolute Gasteiger partial charge is 0.336 e. The maximum absolute atomic E-state index is 11.7. The van der Waals surface area contributed by atoms with E-state index in [1.807, 2.05) is 13.8 Å². The molecule has 0 aliphatic heterocycles. The molecule has 4 nitrogen and oxygen atoms in total. The van der Waals surface area contributed by atoms with Gasteiger partial charge < -0.3 is 10.2 Å². The van der Waals surface area contributed by atoms with Gasteiger partial charge in [0.15, 0.2) is 0 Å². The van der Waals surface area contributed by atoms with E-state index in [0.717, 1.165) is 62.5 Å². The van der Waals surface area contributed by atoms with Crippen LogP contribution in [0.4, 0.5) is 0 Å². The van der Waals surface area contributed by atoms with E-state index in [1.165, 1.54) is 0 Å². The Morgan fingerprint density at radius 1 is 0.708 bits per heavy atom. The minimum absolute atomic E-state index is 0.113. The van der Waals surface area contributed by atoms with Crippen molar-refractivity contribution in [2.45, 2.75) is 79.1 Å². The zero-order valence-corrected chi connectivity index (χ0v) is 15.5. The number of unbranched alkanes of at least 4 members (excludes halogenated alkanes) is 2. The predicted molar refractivity (Wildman–Crippen MR) is 98.1 cm³/mol. The van der Waals surface area contributed by atoms with Crippen molar-refractivity contribution in [2.75, 3.05) is 0 Å². The summed E-state index contributed by atoms with van der Waals surface area (Å²) in [6, 6.07) is 0. The van der Waals surface area contributed by atoms with Gasteiger partial charge in [-0.05, 0) is 50.7 Å². The van der Waals surface area contributed by atoms with Gasteiger partial charge in [-0.25, -0.2) is 9.59 Å². The lowest BCUT2D eigenvalue weighted by molar-refractivity contribution is -0.135. The molecule has 0 amide bonds. The molecule has 0 aromatic heterocycles. The molecule has 0 spiro atoms. The van der Waals surface area contributed by atoms with Crippen molar-refractivity contribution in [1.82, 2.24) is 0 Å². The lowest BCUT2D eigenvalue weighted by Gasteiger charge is -2.09. The lowest BCUT2D eigenvalue weighted by Crippen LogP contribution is -2.10. The minimum Gasteiger partial charge on any atom is -0.478 e. The third-order valence-corrected chi connectivity index (χ3v) is 4.06. The van der Waals surface area contributed by atoms with Gasteiger partial charge in [-0.3, -0.25) is 0 Å². The number of aliphatic carboxylic acids is 2. The number of carboxylic acid groups (broad SMARTS) is 2. The van der Waals surface area contributed by atoms with Gasteiger partial charge in [0.25, 0.3) is 0 Å². The lowest BCUT2D eigenvalue weighted by atomic mass is 9.97. The molecule has 0 heterocycles. The highest BCUT2D eigenvalue weighted by atomic mass is 16.4. The topological polar surface area (TPSA) is 74.6 Å². The van der Waals surface area contributed by atoms with Crippen LogP contribution in [0, 0.1) is 0 Å². The van der Waals surface area contributed by atoms with Gasteiger partial charge in [-0.1, -0.05) is 51.7 Å². The Labute approximate surface area is 146 Å². The highest BCUT2D eigenvalue weighted by Crippen LogP contribution is 2.21.